The summed E-state index contributed by atoms with van der Waals surface area (Å²) >= 11 is 0. The van der Waals surface area contributed by atoms with E-state index in [1.54, 1.807) is 6.92 Å². The Labute approximate surface area is 123 Å². The van der Waals surface area contributed by atoms with Crippen molar-refractivity contribution in [1.82, 2.24) is 5.32 Å². The van der Waals surface area contributed by atoms with Crippen LogP contribution in [0.25, 0.3) is 0 Å². The monoisotopic (exact) mass is 287 g/mol. The van der Waals surface area contributed by atoms with Crippen LogP contribution >= 0.6 is 0 Å². The van der Waals surface area contributed by atoms with Crippen LogP contribution in [0.2, 0.25) is 0 Å². The molecule has 1 aliphatic heterocycles. The molecule has 3 nitrogen and oxygen atoms in total. The van der Waals surface area contributed by atoms with Gasteiger partial charge in [0.05, 0.1) is 0 Å². The molecule has 1 heterocycles. The van der Waals surface area contributed by atoms with Crippen molar-refractivity contribution in [2.45, 2.75) is 26.4 Å². The van der Waals surface area contributed by atoms with E-state index in [0.29, 0.717) is 12.1 Å². The van der Waals surface area contributed by atoms with E-state index in [9.17, 15) is 4.39 Å². The molecule has 2 aromatic carbocycles. The van der Waals surface area contributed by atoms with E-state index in [4.69, 9.17) is 9.47 Å². The van der Waals surface area contributed by atoms with Gasteiger partial charge in [-0.3, -0.25) is 0 Å². The number of hydrogen-bond acceptors (Lipinski definition) is 3. The Morgan fingerprint density at radius 1 is 1.14 bits per heavy atom. The zero-order chi connectivity index (χ0) is 14.8. The fourth-order valence-corrected chi connectivity index (χ4v) is 2.39. The van der Waals surface area contributed by atoms with Gasteiger partial charge in [-0.1, -0.05) is 18.2 Å². The molecule has 1 N–H and O–H groups in total. The van der Waals surface area contributed by atoms with Crippen LogP contribution in [-0.4, -0.2) is 6.79 Å². The van der Waals surface area contributed by atoms with E-state index in [0.717, 1.165) is 22.6 Å². The Morgan fingerprint density at radius 3 is 2.76 bits per heavy atom. The van der Waals surface area contributed by atoms with E-state index in [1.165, 1.54) is 6.07 Å². The Balaban J connectivity index is 1.66. The van der Waals surface area contributed by atoms with Gasteiger partial charge in [0.15, 0.2) is 11.5 Å². The molecule has 110 valence electrons. The molecule has 1 atom stereocenters. The normalized spacial score (nSPS) is 14.2. The maximum absolute atomic E-state index is 13.2. The van der Waals surface area contributed by atoms with Gasteiger partial charge in [0.25, 0.3) is 0 Å². The van der Waals surface area contributed by atoms with Crippen molar-refractivity contribution in [1.29, 1.82) is 0 Å². The summed E-state index contributed by atoms with van der Waals surface area (Å²) in [6.07, 6.45) is 0. The van der Waals surface area contributed by atoms with Crippen molar-refractivity contribution in [2.75, 3.05) is 6.79 Å². The Morgan fingerprint density at radius 2 is 1.95 bits per heavy atom. The molecule has 0 bridgehead atoms. The van der Waals surface area contributed by atoms with Crippen LogP contribution in [0.4, 0.5) is 4.39 Å². The summed E-state index contributed by atoms with van der Waals surface area (Å²) < 4.78 is 23.9. The minimum atomic E-state index is -0.164. The lowest BCUT2D eigenvalue weighted by Gasteiger charge is -2.15. The predicted octanol–water partition coefficient (Wildman–Crippen LogP) is 3.71. The average molecular weight is 287 g/mol. The molecule has 0 fully saturated rings. The third-order valence-electron chi connectivity index (χ3n) is 3.73. The highest BCUT2D eigenvalue weighted by molar-refractivity contribution is 5.45. The second-order valence-electron chi connectivity index (χ2n) is 5.30. The van der Waals surface area contributed by atoms with Crippen LogP contribution in [0.5, 0.6) is 11.5 Å². The standard InChI is InChI=1S/C17H18FNO2/c1-11-7-13(3-5-15(11)18)9-19-12(2)14-4-6-16-17(8-14)21-10-20-16/h3-8,12,19H,9-10H2,1-2H3. The number of rotatable bonds is 4. The topological polar surface area (TPSA) is 30.5 Å². The van der Waals surface area contributed by atoms with Gasteiger partial charge in [-0.05, 0) is 48.7 Å². The van der Waals surface area contributed by atoms with Gasteiger partial charge in [0, 0.05) is 12.6 Å². The quantitative estimate of drug-likeness (QED) is 0.929. The second kappa shape index (κ2) is 5.74. The Hall–Kier alpha value is -2.07. The molecule has 1 unspecified atom stereocenters. The van der Waals surface area contributed by atoms with E-state index < -0.39 is 0 Å². The van der Waals surface area contributed by atoms with Crippen molar-refractivity contribution in [3.63, 3.8) is 0 Å². The maximum Gasteiger partial charge on any atom is 0.231 e. The fraction of sp³-hybridized carbons (Fsp3) is 0.294. The van der Waals surface area contributed by atoms with E-state index in [1.807, 2.05) is 30.3 Å². The highest BCUT2D eigenvalue weighted by atomic mass is 19.1. The van der Waals surface area contributed by atoms with Crippen LogP contribution in [0, 0.1) is 12.7 Å². The molecule has 0 aliphatic carbocycles. The molecule has 0 radical (unpaired) electrons. The van der Waals surface area contributed by atoms with Gasteiger partial charge in [0.1, 0.15) is 5.82 Å². The van der Waals surface area contributed by atoms with Gasteiger partial charge < -0.3 is 14.8 Å². The average Bonchev–Trinajstić information content (AvgIpc) is 2.95. The van der Waals surface area contributed by atoms with Crippen molar-refractivity contribution in [2.24, 2.45) is 0 Å². The molecule has 3 rings (SSSR count). The first kappa shape index (κ1) is 13.9. The summed E-state index contributed by atoms with van der Waals surface area (Å²) in [7, 11) is 0. The molecule has 21 heavy (non-hydrogen) atoms. The van der Waals surface area contributed by atoms with Crippen LogP contribution in [0.15, 0.2) is 36.4 Å². The molecule has 2 aromatic rings. The van der Waals surface area contributed by atoms with E-state index >= 15 is 0 Å². The van der Waals surface area contributed by atoms with Gasteiger partial charge >= 0.3 is 0 Å². The van der Waals surface area contributed by atoms with Crippen LogP contribution < -0.4 is 14.8 Å². The summed E-state index contributed by atoms with van der Waals surface area (Å²) in [6.45, 7) is 4.85. The second-order valence-corrected chi connectivity index (χ2v) is 5.30. The summed E-state index contributed by atoms with van der Waals surface area (Å²) in [6, 6.07) is 11.3. The summed E-state index contributed by atoms with van der Waals surface area (Å²) in [4.78, 5) is 0. The van der Waals surface area contributed by atoms with Gasteiger partial charge in [0.2, 0.25) is 6.79 Å². The summed E-state index contributed by atoms with van der Waals surface area (Å²) in [5, 5.41) is 3.43. The third-order valence-corrected chi connectivity index (χ3v) is 3.73. The summed E-state index contributed by atoms with van der Waals surface area (Å²) in [5.74, 6) is 1.42. The smallest absolute Gasteiger partial charge is 0.231 e. The number of ether oxygens (including phenoxy) is 2. The highest BCUT2D eigenvalue weighted by Crippen LogP contribution is 2.34. The molecule has 0 amide bonds. The third kappa shape index (κ3) is 3.00. The van der Waals surface area contributed by atoms with Gasteiger partial charge in [-0.2, -0.15) is 0 Å². The first-order valence-corrected chi connectivity index (χ1v) is 7.01. The predicted molar refractivity (Wildman–Crippen MR) is 79.0 cm³/mol. The molecule has 0 aromatic heterocycles. The number of hydrogen-bond donors (Lipinski definition) is 1. The molecular formula is C17H18FNO2. The van der Waals surface area contributed by atoms with Crippen molar-refractivity contribution in [3.05, 3.63) is 58.9 Å². The van der Waals surface area contributed by atoms with Crippen molar-refractivity contribution >= 4 is 0 Å². The first-order valence-electron chi connectivity index (χ1n) is 7.01. The van der Waals surface area contributed by atoms with Gasteiger partial charge in [-0.15, -0.1) is 0 Å². The zero-order valence-corrected chi connectivity index (χ0v) is 12.2. The molecule has 1 aliphatic rings. The minimum Gasteiger partial charge on any atom is -0.454 e. The number of aryl methyl sites for hydroxylation is 1. The van der Waals surface area contributed by atoms with Crippen molar-refractivity contribution in [3.8, 4) is 11.5 Å². The van der Waals surface area contributed by atoms with Crippen LogP contribution in [-0.2, 0) is 6.54 Å². The highest BCUT2D eigenvalue weighted by Gasteiger charge is 2.15. The van der Waals surface area contributed by atoms with E-state index in [2.05, 4.69) is 12.2 Å². The van der Waals surface area contributed by atoms with Crippen molar-refractivity contribution < 1.29 is 13.9 Å². The lowest BCUT2D eigenvalue weighted by atomic mass is 10.1. The minimum absolute atomic E-state index is 0.164. The number of halogens is 1. The number of fused-ring (bicyclic) bond motifs is 1. The summed E-state index contributed by atoms with van der Waals surface area (Å²) in [5.41, 5.74) is 2.88. The maximum atomic E-state index is 13.2. The molecule has 0 saturated heterocycles. The Kier molecular flexibility index (Phi) is 3.80. The Bertz CT molecular complexity index is 657. The first-order chi connectivity index (χ1) is 10.1. The molecule has 0 saturated carbocycles. The lowest BCUT2D eigenvalue weighted by Crippen LogP contribution is -2.18. The zero-order valence-electron chi connectivity index (χ0n) is 12.2. The fourth-order valence-electron chi connectivity index (χ4n) is 2.39. The van der Waals surface area contributed by atoms with Gasteiger partial charge in [-0.25, -0.2) is 4.39 Å². The number of nitrogens with one attached hydrogen (secondary N) is 1. The van der Waals surface area contributed by atoms with Crippen LogP contribution in [0.1, 0.15) is 29.7 Å². The SMILES string of the molecule is Cc1cc(CNC(C)c2ccc3c(c2)OCO3)ccc1F. The molecule has 0 spiro atoms. The molecular weight excluding hydrogens is 269 g/mol. The van der Waals surface area contributed by atoms with E-state index in [-0.39, 0.29) is 18.7 Å². The number of benzene rings is 2. The lowest BCUT2D eigenvalue weighted by molar-refractivity contribution is 0.174. The largest absolute Gasteiger partial charge is 0.454 e. The molecule has 4 heteroatoms. The van der Waals surface area contributed by atoms with Crippen LogP contribution in [0.3, 0.4) is 0 Å².